The molecule has 0 aromatic heterocycles. The van der Waals surface area contributed by atoms with Crippen molar-refractivity contribution in [3.63, 3.8) is 0 Å². The van der Waals surface area contributed by atoms with E-state index in [4.69, 9.17) is 14.2 Å². The van der Waals surface area contributed by atoms with Crippen LogP contribution in [0.5, 0.6) is 17.2 Å². The molecule has 0 N–H and O–H groups in total. The van der Waals surface area contributed by atoms with E-state index in [2.05, 4.69) is 56.3 Å². The van der Waals surface area contributed by atoms with Gasteiger partial charge in [0.05, 0.1) is 13.7 Å². The van der Waals surface area contributed by atoms with Crippen molar-refractivity contribution in [3.8, 4) is 17.2 Å². The summed E-state index contributed by atoms with van der Waals surface area (Å²) < 4.78 is 18.4. The molecule has 2 atom stereocenters. The first kappa shape index (κ1) is 15.6. The zero-order chi connectivity index (χ0) is 17.9. The van der Waals surface area contributed by atoms with Crippen LogP contribution < -0.4 is 14.2 Å². The predicted molar refractivity (Wildman–Crippen MR) is 102 cm³/mol. The Kier molecular flexibility index (Phi) is 3.24. The SMILES string of the molecule is COc1cc2c(c3ccccc13)OC(C)(C)[C@H]1COc3ccccc3[C@@H]21. The third-order valence-electron chi connectivity index (χ3n) is 5.87. The van der Waals surface area contributed by atoms with Crippen molar-refractivity contribution < 1.29 is 14.2 Å². The zero-order valence-corrected chi connectivity index (χ0v) is 15.3. The summed E-state index contributed by atoms with van der Waals surface area (Å²) in [5.41, 5.74) is 2.11. The van der Waals surface area contributed by atoms with Gasteiger partial charge in [0.15, 0.2) is 0 Å². The summed E-state index contributed by atoms with van der Waals surface area (Å²) >= 11 is 0. The van der Waals surface area contributed by atoms with Gasteiger partial charge in [-0.15, -0.1) is 0 Å². The number of hydrogen-bond donors (Lipinski definition) is 0. The van der Waals surface area contributed by atoms with Crippen molar-refractivity contribution in [1.82, 2.24) is 0 Å². The molecule has 26 heavy (non-hydrogen) atoms. The van der Waals surface area contributed by atoms with Crippen molar-refractivity contribution in [2.24, 2.45) is 5.92 Å². The fourth-order valence-corrected chi connectivity index (χ4v) is 4.54. The number of ether oxygens (including phenoxy) is 3. The first-order chi connectivity index (χ1) is 12.6. The Bertz CT molecular complexity index is 1010. The fraction of sp³-hybridized carbons (Fsp3) is 0.304. The molecule has 3 aromatic carbocycles. The van der Waals surface area contributed by atoms with Crippen molar-refractivity contribution >= 4 is 10.8 Å². The highest BCUT2D eigenvalue weighted by molar-refractivity contribution is 5.95. The quantitative estimate of drug-likeness (QED) is 0.609. The van der Waals surface area contributed by atoms with Gasteiger partial charge < -0.3 is 14.2 Å². The Labute approximate surface area is 153 Å². The number of rotatable bonds is 1. The Balaban J connectivity index is 1.85. The highest BCUT2D eigenvalue weighted by Crippen LogP contribution is 2.55. The van der Waals surface area contributed by atoms with Crippen LogP contribution in [-0.2, 0) is 0 Å². The maximum absolute atomic E-state index is 6.58. The van der Waals surface area contributed by atoms with Gasteiger partial charge in [-0.2, -0.15) is 0 Å². The van der Waals surface area contributed by atoms with Crippen LogP contribution in [0.2, 0.25) is 0 Å². The molecule has 0 radical (unpaired) electrons. The van der Waals surface area contributed by atoms with Crippen LogP contribution in [0.1, 0.15) is 30.9 Å². The summed E-state index contributed by atoms with van der Waals surface area (Å²) in [6.45, 7) is 5.00. The first-order valence-corrected chi connectivity index (χ1v) is 9.10. The predicted octanol–water partition coefficient (Wildman–Crippen LogP) is 5.16. The van der Waals surface area contributed by atoms with Gasteiger partial charge in [-0.05, 0) is 26.0 Å². The largest absolute Gasteiger partial charge is 0.496 e. The van der Waals surface area contributed by atoms with Crippen LogP contribution >= 0.6 is 0 Å². The zero-order valence-electron chi connectivity index (χ0n) is 15.3. The lowest BCUT2D eigenvalue weighted by molar-refractivity contribution is -0.0124. The lowest BCUT2D eigenvalue weighted by atomic mass is 9.69. The standard InChI is InChI=1S/C23H22O3/c1-23(2)18-13-25-19-11-7-6-10-16(19)21(18)17-12-20(24-3)14-8-4-5-9-15(14)22(17)26-23/h4-12,18,21H,13H2,1-3H3/t18-,21-/m0/s1. The van der Waals surface area contributed by atoms with E-state index in [1.807, 2.05) is 12.1 Å². The summed E-state index contributed by atoms with van der Waals surface area (Å²) in [5, 5.41) is 2.20. The van der Waals surface area contributed by atoms with Crippen LogP contribution in [0.3, 0.4) is 0 Å². The lowest BCUT2D eigenvalue weighted by Crippen LogP contribution is -2.49. The average molecular weight is 346 g/mol. The molecule has 0 saturated heterocycles. The van der Waals surface area contributed by atoms with E-state index in [0.29, 0.717) is 6.61 Å². The number of para-hydroxylation sites is 1. The molecular formula is C23H22O3. The summed E-state index contributed by atoms with van der Waals surface area (Å²) in [6.07, 6.45) is 0. The highest BCUT2D eigenvalue weighted by Gasteiger charge is 2.48. The minimum atomic E-state index is -0.317. The second-order valence-electron chi connectivity index (χ2n) is 7.68. The summed E-state index contributed by atoms with van der Waals surface area (Å²) in [5.74, 6) is 3.33. The van der Waals surface area contributed by atoms with Crippen molar-refractivity contribution in [2.45, 2.75) is 25.4 Å². The Morgan fingerprint density at radius 1 is 0.962 bits per heavy atom. The monoisotopic (exact) mass is 346 g/mol. The van der Waals surface area contributed by atoms with Gasteiger partial charge in [0, 0.05) is 33.7 Å². The van der Waals surface area contributed by atoms with Crippen LogP contribution in [0, 0.1) is 5.92 Å². The summed E-state index contributed by atoms with van der Waals surface area (Å²) in [7, 11) is 1.73. The van der Waals surface area contributed by atoms with Gasteiger partial charge >= 0.3 is 0 Å². The molecule has 0 saturated carbocycles. The molecule has 132 valence electrons. The van der Waals surface area contributed by atoms with Gasteiger partial charge in [0.2, 0.25) is 0 Å². The second-order valence-corrected chi connectivity index (χ2v) is 7.68. The Morgan fingerprint density at radius 3 is 2.50 bits per heavy atom. The van der Waals surface area contributed by atoms with Gasteiger partial charge in [-0.1, -0.05) is 42.5 Å². The van der Waals surface area contributed by atoms with Crippen molar-refractivity contribution in [2.75, 3.05) is 13.7 Å². The van der Waals surface area contributed by atoms with E-state index in [0.717, 1.165) is 28.0 Å². The molecule has 0 bridgehead atoms. The number of hydrogen-bond acceptors (Lipinski definition) is 3. The molecule has 3 nitrogen and oxygen atoms in total. The molecule has 2 heterocycles. The second kappa shape index (κ2) is 5.41. The topological polar surface area (TPSA) is 27.7 Å². The molecular weight excluding hydrogens is 324 g/mol. The van der Waals surface area contributed by atoms with Gasteiger partial charge in [-0.3, -0.25) is 0 Å². The van der Waals surface area contributed by atoms with E-state index < -0.39 is 0 Å². The maximum Gasteiger partial charge on any atom is 0.132 e. The Hall–Kier alpha value is -2.68. The van der Waals surface area contributed by atoms with E-state index in [9.17, 15) is 0 Å². The van der Waals surface area contributed by atoms with Crippen LogP contribution in [0.4, 0.5) is 0 Å². The number of methoxy groups -OCH3 is 1. The van der Waals surface area contributed by atoms with Crippen LogP contribution in [0.15, 0.2) is 54.6 Å². The number of benzene rings is 3. The molecule has 0 fully saturated rings. The molecule has 2 aliphatic rings. The fourth-order valence-electron chi connectivity index (χ4n) is 4.54. The smallest absolute Gasteiger partial charge is 0.132 e. The molecule has 5 rings (SSSR count). The van der Waals surface area contributed by atoms with Gasteiger partial charge in [0.25, 0.3) is 0 Å². The normalized spacial score (nSPS) is 22.4. The molecule has 0 amide bonds. The molecule has 3 heteroatoms. The van der Waals surface area contributed by atoms with Gasteiger partial charge in [-0.25, -0.2) is 0 Å². The summed E-state index contributed by atoms with van der Waals surface area (Å²) in [6, 6.07) is 18.8. The van der Waals surface area contributed by atoms with E-state index >= 15 is 0 Å². The molecule has 0 unspecified atom stereocenters. The van der Waals surface area contributed by atoms with E-state index in [-0.39, 0.29) is 17.4 Å². The molecule has 0 spiro atoms. The third kappa shape index (κ3) is 2.06. The summed E-state index contributed by atoms with van der Waals surface area (Å²) in [4.78, 5) is 0. The van der Waals surface area contributed by atoms with Crippen molar-refractivity contribution in [3.05, 3.63) is 65.7 Å². The highest BCUT2D eigenvalue weighted by atomic mass is 16.5. The number of fused-ring (bicyclic) bond motifs is 7. The minimum absolute atomic E-state index is 0.234. The Morgan fingerprint density at radius 2 is 1.69 bits per heavy atom. The maximum atomic E-state index is 6.58. The third-order valence-corrected chi connectivity index (χ3v) is 5.87. The van der Waals surface area contributed by atoms with E-state index in [1.54, 1.807) is 7.11 Å². The van der Waals surface area contributed by atoms with Crippen LogP contribution in [0.25, 0.3) is 10.8 Å². The first-order valence-electron chi connectivity index (χ1n) is 9.10. The average Bonchev–Trinajstić information content (AvgIpc) is 2.67. The van der Waals surface area contributed by atoms with E-state index in [1.165, 1.54) is 11.1 Å². The lowest BCUT2D eigenvalue weighted by Gasteiger charge is -2.47. The van der Waals surface area contributed by atoms with Crippen molar-refractivity contribution in [1.29, 1.82) is 0 Å². The molecule has 3 aromatic rings. The van der Waals surface area contributed by atoms with Gasteiger partial charge in [0.1, 0.15) is 22.8 Å². The molecule has 0 aliphatic carbocycles. The molecule has 2 aliphatic heterocycles. The van der Waals surface area contributed by atoms with Crippen LogP contribution in [-0.4, -0.2) is 19.3 Å². The minimum Gasteiger partial charge on any atom is -0.496 e.